The van der Waals surface area contributed by atoms with Crippen LogP contribution in [0.4, 0.5) is 5.69 Å². The van der Waals surface area contributed by atoms with Gasteiger partial charge in [0.05, 0.1) is 12.8 Å². The summed E-state index contributed by atoms with van der Waals surface area (Å²) in [7, 11) is 1.62. The first-order valence-electron chi connectivity index (χ1n) is 5.44. The highest BCUT2D eigenvalue weighted by Gasteiger charge is 2.11. The van der Waals surface area contributed by atoms with Crippen LogP contribution in [0, 0.1) is 0 Å². The van der Waals surface area contributed by atoms with E-state index in [1.807, 2.05) is 30.3 Å². The number of methoxy groups -OCH3 is 1. The number of hydrogen-bond donors (Lipinski definition) is 3. The maximum Gasteiger partial charge on any atom is 0.268 e. The van der Waals surface area contributed by atoms with Gasteiger partial charge in [0.2, 0.25) is 0 Å². The van der Waals surface area contributed by atoms with Crippen molar-refractivity contribution in [1.29, 1.82) is 0 Å². The Hall–Kier alpha value is -2.17. The van der Waals surface area contributed by atoms with Crippen LogP contribution >= 0.6 is 0 Å². The van der Waals surface area contributed by atoms with Crippen LogP contribution in [0.2, 0.25) is 0 Å². The number of ether oxygens (including phenoxy) is 1. The minimum absolute atomic E-state index is 0.0859. The summed E-state index contributed by atoms with van der Waals surface area (Å²) in [4.78, 5) is 11.4. The Morgan fingerprint density at radius 3 is 2.65 bits per heavy atom. The minimum Gasteiger partial charge on any atom is -0.497 e. The summed E-state index contributed by atoms with van der Waals surface area (Å²) in [5.41, 5.74) is 7.26. The molecule has 1 aliphatic heterocycles. The van der Waals surface area contributed by atoms with E-state index in [2.05, 4.69) is 16.2 Å². The van der Waals surface area contributed by atoms with Gasteiger partial charge in [-0.1, -0.05) is 6.08 Å². The second kappa shape index (κ2) is 5.25. The van der Waals surface area contributed by atoms with Gasteiger partial charge in [-0.15, -0.1) is 0 Å². The predicted molar refractivity (Wildman–Crippen MR) is 65.5 cm³/mol. The number of nitrogens with one attached hydrogen (secondary N) is 3. The molecule has 0 saturated heterocycles. The predicted octanol–water partition coefficient (Wildman–Crippen LogP) is 1.02. The van der Waals surface area contributed by atoms with Gasteiger partial charge in [0.1, 0.15) is 11.4 Å². The number of hydrogen-bond acceptors (Lipinski definition) is 4. The molecule has 3 N–H and O–H groups in total. The maximum atomic E-state index is 11.4. The highest BCUT2D eigenvalue weighted by atomic mass is 16.5. The first-order valence-corrected chi connectivity index (χ1v) is 5.44. The number of rotatable bonds is 4. The van der Waals surface area contributed by atoms with Gasteiger partial charge in [-0.2, -0.15) is 0 Å². The van der Waals surface area contributed by atoms with Crippen molar-refractivity contribution in [3.8, 4) is 5.75 Å². The fourth-order valence-electron chi connectivity index (χ4n) is 1.51. The molecule has 1 aromatic carbocycles. The second-order valence-electron chi connectivity index (χ2n) is 3.64. The van der Waals surface area contributed by atoms with Crippen LogP contribution in [-0.4, -0.2) is 19.6 Å². The Morgan fingerprint density at radius 2 is 2.00 bits per heavy atom. The first-order chi connectivity index (χ1) is 8.29. The normalized spacial score (nSPS) is 14.6. The molecule has 5 heteroatoms. The number of carbonyl (C=O) groups is 1. The van der Waals surface area contributed by atoms with Crippen LogP contribution in [0.1, 0.15) is 6.42 Å². The third kappa shape index (κ3) is 2.90. The van der Waals surface area contributed by atoms with Gasteiger partial charge < -0.3 is 15.5 Å². The van der Waals surface area contributed by atoms with Gasteiger partial charge in [-0.3, -0.25) is 10.2 Å². The SMILES string of the molecule is COc1ccc(NNC2=CCCNC2=O)cc1. The topological polar surface area (TPSA) is 62.4 Å². The average Bonchev–Trinajstić information content (AvgIpc) is 2.38. The second-order valence-corrected chi connectivity index (χ2v) is 3.64. The summed E-state index contributed by atoms with van der Waals surface area (Å²) in [6.45, 7) is 0.701. The van der Waals surface area contributed by atoms with Crippen LogP contribution in [0.3, 0.4) is 0 Å². The van der Waals surface area contributed by atoms with Crippen LogP contribution in [0.15, 0.2) is 36.0 Å². The van der Waals surface area contributed by atoms with E-state index >= 15 is 0 Å². The molecule has 5 nitrogen and oxygen atoms in total. The molecule has 1 aromatic rings. The summed E-state index contributed by atoms with van der Waals surface area (Å²) >= 11 is 0. The van der Waals surface area contributed by atoms with E-state index in [1.54, 1.807) is 7.11 Å². The molecule has 0 saturated carbocycles. The third-order valence-corrected chi connectivity index (χ3v) is 2.45. The lowest BCUT2D eigenvalue weighted by atomic mass is 10.2. The number of amides is 1. The molecular weight excluding hydrogens is 218 g/mol. The maximum absolute atomic E-state index is 11.4. The Kier molecular flexibility index (Phi) is 3.49. The lowest BCUT2D eigenvalue weighted by Gasteiger charge is -2.16. The van der Waals surface area contributed by atoms with Gasteiger partial charge in [-0.05, 0) is 30.7 Å². The molecule has 1 heterocycles. The van der Waals surface area contributed by atoms with E-state index in [0.29, 0.717) is 12.2 Å². The van der Waals surface area contributed by atoms with E-state index in [4.69, 9.17) is 4.74 Å². The molecule has 0 unspecified atom stereocenters. The first kappa shape index (κ1) is 11.3. The fraction of sp³-hybridized carbons (Fsp3) is 0.250. The van der Waals surface area contributed by atoms with Crippen molar-refractivity contribution in [2.45, 2.75) is 6.42 Å². The Labute approximate surface area is 99.8 Å². The van der Waals surface area contributed by atoms with Gasteiger partial charge in [0.15, 0.2) is 0 Å². The van der Waals surface area contributed by atoms with Gasteiger partial charge in [0, 0.05) is 6.54 Å². The van der Waals surface area contributed by atoms with E-state index in [1.165, 1.54) is 0 Å². The van der Waals surface area contributed by atoms with E-state index < -0.39 is 0 Å². The largest absolute Gasteiger partial charge is 0.497 e. The molecule has 2 rings (SSSR count). The Balaban J connectivity index is 1.92. The highest BCUT2D eigenvalue weighted by Crippen LogP contribution is 2.14. The Bertz CT molecular complexity index is 426. The summed E-state index contributed by atoms with van der Waals surface area (Å²) < 4.78 is 5.06. The molecule has 0 radical (unpaired) electrons. The average molecular weight is 233 g/mol. The molecule has 1 amide bonds. The van der Waals surface area contributed by atoms with E-state index in [9.17, 15) is 4.79 Å². The molecule has 0 bridgehead atoms. The standard InChI is InChI=1S/C12H15N3O2/c1-17-10-6-4-9(5-7-10)14-15-11-3-2-8-13-12(11)16/h3-7,14-15H,2,8H2,1H3,(H,13,16). The fourth-order valence-corrected chi connectivity index (χ4v) is 1.51. The van der Waals surface area contributed by atoms with E-state index in [-0.39, 0.29) is 5.91 Å². The van der Waals surface area contributed by atoms with Crippen LogP contribution in [0.25, 0.3) is 0 Å². The molecule has 0 aliphatic carbocycles. The molecule has 0 spiro atoms. The van der Waals surface area contributed by atoms with Crippen molar-refractivity contribution in [3.05, 3.63) is 36.0 Å². The molecule has 90 valence electrons. The quantitative estimate of drug-likeness (QED) is 0.679. The van der Waals surface area contributed by atoms with Crippen LogP contribution < -0.4 is 20.9 Å². The van der Waals surface area contributed by atoms with E-state index in [0.717, 1.165) is 17.9 Å². The van der Waals surface area contributed by atoms with Crippen LogP contribution in [-0.2, 0) is 4.79 Å². The summed E-state index contributed by atoms with van der Waals surface area (Å²) in [6, 6.07) is 7.43. The van der Waals surface area contributed by atoms with Gasteiger partial charge >= 0.3 is 0 Å². The van der Waals surface area contributed by atoms with Crippen molar-refractivity contribution < 1.29 is 9.53 Å². The minimum atomic E-state index is -0.0859. The molecular formula is C12H15N3O2. The molecule has 1 aliphatic rings. The molecule has 0 aromatic heterocycles. The smallest absolute Gasteiger partial charge is 0.268 e. The lowest BCUT2D eigenvalue weighted by Crippen LogP contribution is -2.37. The zero-order chi connectivity index (χ0) is 12.1. The van der Waals surface area contributed by atoms with Crippen molar-refractivity contribution in [2.75, 3.05) is 19.1 Å². The van der Waals surface area contributed by atoms with Crippen LogP contribution in [0.5, 0.6) is 5.75 Å². The van der Waals surface area contributed by atoms with Crippen molar-refractivity contribution in [3.63, 3.8) is 0 Å². The highest BCUT2D eigenvalue weighted by molar-refractivity contribution is 5.93. The monoisotopic (exact) mass is 233 g/mol. The third-order valence-electron chi connectivity index (χ3n) is 2.45. The zero-order valence-corrected chi connectivity index (χ0v) is 9.62. The number of hydrazine groups is 1. The lowest BCUT2D eigenvalue weighted by molar-refractivity contribution is -0.118. The summed E-state index contributed by atoms with van der Waals surface area (Å²) in [5, 5.41) is 2.76. The number of anilines is 1. The molecule has 17 heavy (non-hydrogen) atoms. The Morgan fingerprint density at radius 1 is 1.24 bits per heavy atom. The molecule has 0 atom stereocenters. The van der Waals surface area contributed by atoms with Crippen molar-refractivity contribution in [1.82, 2.24) is 10.7 Å². The summed E-state index contributed by atoms with van der Waals surface area (Å²) in [6.07, 6.45) is 2.72. The van der Waals surface area contributed by atoms with Gasteiger partial charge in [-0.25, -0.2) is 0 Å². The number of benzene rings is 1. The number of carbonyl (C=O) groups excluding carboxylic acids is 1. The van der Waals surface area contributed by atoms with Gasteiger partial charge in [0.25, 0.3) is 5.91 Å². The zero-order valence-electron chi connectivity index (χ0n) is 9.62. The summed E-state index contributed by atoms with van der Waals surface area (Å²) in [5.74, 6) is 0.711. The van der Waals surface area contributed by atoms with Crippen molar-refractivity contribution in [2.24, 2.45) is 0 Å². The molecule has 0 fully saturated rings. The van der Waals surface area contributed by atoms with Crippen molar-refractivity contribution >= 4 is 11.6 Å².